The summed E-state index contributed by atoms with van der Waals surface area (Å²) in [7, 11) is 1.44. The maximum absolute atomic E-state index is 12.9. The highest BCUT2D eigenvalue weighted by atomic mass is 19.1. The van der Waals surface area contributed by atoms with Crippen molar-refractivity contribution in [3.8, 4) is 11.5 Å². The summed E-state index contributed by atoms with van der Waals surface area (Å²) in [5.41, 5.74) is 1.22. The summed E-state index contributed by atoms with van der Waals surface area (Å²) in [5, 5.41) is 5.11. The van der Waals surface area contributed by atoms with Crippen LogP contribution in [0.3, 0.4) is 0 Å². The Bertz CT molecular complexity index is 1000. The van der Waals surface area contributed by atoms with E-state index in [1.165, 1.54) is 37.5 Å². The number of urea groups is 1. The smallest absolute Gasteiger partial charge is 0.328 e. The van der Waals surface area contributed by atoms with E-state index < -0.39 is 23.7 Å². The van der Waals surface area contributed by atoms with Crippen LogP contribution < -0.4 is 20.1 Å². The molecular formula is C21H20FN3O5. The molecule has 8 nitrogen and oxygen atoms in total. The summed E-state index contributed by atoms with van der Waals surface area (Å²) >= 11 is 0. The van der Waals surface area contributed by atoms with E-state index in [0.717, 1.165) is 4.90 Å². The highest BCUT2D eigenvalue weighted by Crippen LogP contribution is 2.29. The molecule has 156 valence electrons. The van der Waals surface area contributed by atoms with Gasteiger partial charge in [-0.2, -0.15) is 0 Å². The van der Waals surface area contributed by atoms with E-state index in [1.807, 2.05) is 0 Å². The van der Waals surface area contributed by atoms with Gasteiger partial charge in [0, 0.05) is 12.2 Å². The van der Waals surface area contributed by atoms with Gasteiger partial charge in [-0.05, 0) is 55.0 Å². The molecule has 1 heterocycles. The van der Waals surface area contributed by atoms with Crippen molar-refractivity contribution in [1.82, 2.24) is 10.2 Å². The van der Waals surface area contributed by atoms with Gasteiger partial charge in [-0.3, -0.25) is 14.5 Å². The molecular weight excluding hydrogens is 393 g/mol. The van der Waals surface area contributed by atoms with Crippen LogP contribution in [0.1, 0.15) is 12.5 Å². The molecule has 0 bridgehead atoms. The lowest BCUT2D eigenvalue weighted by Gasteiger charge is -2.12. The highest BCUT2D eigenvalue weighted by molar-refractivity contribution is 6.13. The Hall–Kier alpha value is -3.88. The SMILES string of the molecule is CCN1C(=O)N/C(=C/c2ccc(OCC(=O)Nc3ccc(F)cc3)c(OC)c2)C1=O. The number of imide groups is 1. The minimum atomic E-state index is -0.465. The van der Waals surface area contributed by atoms with Crippen LogP contribution >= 0.6 is 0 Å². The molecule has 1 aliphatic rings. The molecule has 2 aromatic carbocycles. The molecule has 0 aliphatic carbocycles. The molecule has 9 heteroatoms. The molecule has 0 unspecified atom stereocenters. The van der Waals surface area contributed by atoms with Crippen molar-refractivity contribution in [1.29, 1.82) is 0 Å². The van der Waals surface area contributed by atoms with E-state index in [9.17, 15) is 18.8 Å². The Morgan fingerprint density at radius 3 is 2.53 bits per heavy atom. The van der Waals surface area contributed by atoms with Crippen molar-refractivity contribution >= 4 is 29.6 Å². The monoisotopic (exact) mass is 413 g/mol. The number of halogens is 1. The average molecular weight is 413 g/mol. The zero-order valence-electron chi connectivity index (χ0n) is 16.4. The Balaban J connectivity index is 1.66. The molecule has 0 saturated carbocycles. The first kappa shape index (κ1) is 20.8. The molecule has 2 aromatic rings. The van der Waals surface area contributed by atoms with Crippen LogP contribution in [0, 0.1) is 5.82 Å². The van der Waals surface area contributed by atoms with E-state index in [0.29, 0.717) is 22.7 Å². The minimum Gasteiger partial charge on any atom is -0.493 e. The summed E-state index contributed by atoms with van der Waals surface area (Å²) < 4.78 is 23.7. The Morgan fingerprint density at radius 2 is 1.90 bits per heavy atom. The fourth-order valence-corrected chi connectivity index (χ4v) is 2.79. The van der Waals surface area contributed by atoms with E-state index in [4.69, 9.17) is 9.47 Å². The lowest BCUT2D eigenvalue weighted by atomic mass is 10.1. The van der Waals surface area contributed by atoms with Gasteiger partial charge in [-0.25, -0.2) is 9.18 Å². The van der Waals surface area contributed by atoms with Crippen LogP contribution in [0.2, 0.25) is 0 Å². The largest absolute Gasteiger partial charge is 0.493 e. The third kappa shape index (κ3) is 4.75. The van der Waals surface area contributed by atoms with Crippen molar-refractivity contribution in [2.75, 3.05) is 25.6 Å². The van der Waals surface area contributed by atoms with Crippen molar-refractivity contribution in [3.63, 3.8) is 0 Å². The first-order valence-corrected chi connectivity index (χ1v) is 9.12. The highest BCUT2D eigenvalue weighted by Gasteiger charge is 2.32. The van der Waals surface area contributed by atoms with E-state index in [2.05, 4.69) is 10.6 Å². The zero-order valence-corrected chi connectivity index (χ0v) is 16.4. The van der Waals surface area contributed by atoms with Gasteiger partial charge in [-0.1, -0.05) is 6.07 Å². The summed E-state index contributed by atoms with van der Waals surface area (Å²) in [6, 6.07) is 9.78. The van der Waals surface area contributed by atoms with Gasteiger partial charge < -0.3 is 20.1 Å². The number of hydrogen-bond donors (Lipinski definition) is 2. The molecule has 2 N–H and O–H groups in total. The van der Waals surface area contributed by atoms with Gasteiger partial charge in [0.15, 0.2) is 18.1 Å². The maximum Gasteiger partial charge on any atom is 0.328 e. The van der Waals surface area contributed by atoms with E-state index in [1.54, 1.807) is 25.1 Å². The number of nitrogens with zero attached hydrogens (tertiary/aromatic N) is 1. The van der Waals surface area contributed by atoms with Gasteiger partial charge in [0.2, 0.25) is 0 Å². The number of rotatable bonds is 7. The maximum atomic E-state index is 12.9. The number of carbonyl (C=O) groups excluding carboxylic acids is 3. The Morgan fingerprint density at radius 1 is 1.17 bits per heavy atom. The second-order valence-corrected chi connectivity index (χ2v) is 6.29. The lowest BCUT2D eigenvalue weighted by molar-refractivity contribution is -0.122. The minimum absolute atomic E-state index is 0.163. The molecule has 0 aromatic heterocycles. The quantitative estimate of drug-likeness (QED) is 0.537. The van der Waals surface area contributed by atoms with Crippen LogP contribution in [-0.2, 0) is 9.59 Å². The molecule has 3 rings (SSSR count). The Kier molecular flexibility index (Phi) is 6.31. The second kappa shape index (κ2) is 9.08. The number of ether oxygens (including phenoxy) is 2. The van der Waals surface area contributed by atoms with Gasteiger partial charge >= 0.3 is 6.03 Å². The fourth-order valence-electron chi connectivity index (χ4n) is 2.79. The van der Waals surface area contributed by atoms with Gasteiger partial charge in [0.05, 0.1) is 7.11 Å². The number of hydrogen-bond acceptors (Lipinski definition) is 5. The first-order chi connectivity index (χ1) is 14.4. The number of methoxy groups -OCH3 is 1. The first-order valence-electron chi connectivity index (χ1n) is 9.12. The molecule has 0 atom stereocenters. The normalized spacial score (nSPS) is 14.6. The van der Waals surface area contributed by atoms with Crippen LogP contribution in [-0.4, -0.2) is 43.0 Å². The second-order valence-electron chi connectivity index (χ2n) is 6.29. The van der Waals surface area contributed by atoms with Crippen molar-refractivity contribution in [3.05, 3.63) is 59.5 Å². The Labute approximate surface area is 172 Å². The van der Waals surface area contributed by atoms with Crippen LogP contribution in [0.4, 0.5) is 14.9 Å². The van der Waals surface area contributed by atoms with Gasteiger partial charge in [-0.15, -0.1) is 0 Å². The third-order valence-electron chi connectivity index (χ3n) is 4.26. The standard InChI is InChI=1S/C21H20FN3O5/c1-3-25-20(27)16(24-21(25)28)10-13-4-9-17(18(11-13)29-2)30-12-19(26)23-15-7-5-14(22)6-8-15/h4-11H,3,12H2,1-2H3,(H,23,26)(H,24,28)/b16-10+. The topological polar surface area (TPSA) is 97.0 Å². The predicted octanol–water partition coefficient (Wildman–Crippen LogP) is 2.76. The summed E-state index contributed by atoms with van der Waals surface area (Å²) in [6.07, 6.45) is 1.53. The van der Waals surface area contributed by atoms with Gasteiger partial charge in [0.1, 0.15) is 11.5 Å². The average Bonchev–Trinajstić information content (AvgIpc) is 3.00. The molecule has 0 radical (unpaired) electrons. The van der Waals surface area contributed by atoms with Crippen LogP contribution in [0.5, 0.6) is 11.5 Å². The number of carbonyl (C=O) groups is 3. The number of nitrogens with one attached hydrogen (secondary N) is 2. The zero-order chi connectivity index (χ0) is 21.7. The van der Waals surface area contributed by atoms with Crippen LogP contribution in [0.15, 0.2) is 48.2 Å². The molecule has 1 saturated heterocycles. The lowest BCUT2D eigenvalue weighted by Crippen LogP contribution is -2.30. The van der Waals surface area contributed by atoms with E-state index in [-0.39, 0.29) is 18.8 Å². The number of anilines is 1. The van der Waals surface area contributed by atoms with E-state index >= 15 is 0 Å². The van der Waals surface area contributed by atoms with Gasteiger partial charge in [0.25, 0.3) is 11.8 Å². The van der Waals surface area contributed by atoms with Crippen LogP contribution in [0.25, 0.3) is 6.08 Å². The predicted molar refractivity (Wildman–Crippen MR) is 107 cm³/mol. The van der Waals surface area contributed by atoms with Crippen molar-refractivity contribution in [2.45, 2.75) is 6.92 Å². The number of amides is 4. The van der Waals surface area contributed by atoms with Crippen molar-refractivity contribution in [2.24, 2.45) is 0 Å². The summed E-state index contributed by atoms with van der Waals surface area (Å²) in [6.45, 7) is 1.70. The molecule has 0 spiro atoms. The molecule has 30 heavy (non-hydrogen) atoms. The third-order valence-corrected chi connectivity index (χ3v) is 4.26. The molecule has 1 fully saturated rings. The fraction of sp³-hybridized carbons (Fsp3) is 0.190. The van der Waals surface area contributed by atoms with Crippen molar-refractivity contribution < 1.29 is 28.2 Å². The number of benzene rings is 2. The molecule has 1 aliphatic heterocycles. The number of likely N-dealkylation sites (N-methyl/N-ethyl adjacent to an activating group) is 1. The molecule has 4 amide bonds. The summed E-state index contributed by atoms with van der Waals surface area (Å²) in [4.78, 5) is 37.0. The summed E-state index contributed by atoms with van der Waals surface area (Å²) in [5.74, 6) is -0.549.